The summed E-state index contributed by atoms with van der Waals surface area (Å²) >= 11 is 0. The van der Waals surface area contributed by atoms with Crippen LogP contribution in [0.5, 0.6) is 5.75 Å². The van der Waals surface area contributed by atoms with Crippen molar-refractivity contribution in [3.8, 4) is 5.75 Å². The summed E-state index contributed by atoms with van der Waals surface area (Å²) < 4.78 is 0. The third kappa shape index (κ3) is 2.97. The first-order valence-corrected chi connectivity index (χ1v) is 7.82. The van der Waals surface area contributed by atoms with Gasteiger partial charge in [-0.3, -0.25) is 0 Å². The van der Waals surface area contributed by atoms with Gasteiger partial charge in [-0.2, -0.15) is 0 Å². The summed E-state index contributed by atoms with van der Waals surface area (Å²) in [4.78, 5) is 0. The van der Waals surface area contributed by atoms with E-state index in [9.17, 15) is 5.11 Å². The van der Waals surface area contributed by atoms with Gasteiger partial charge >= 0.3 is 0 Å². The predicted molar refractivity (Wildman–Crippen MR) is 90.2 cm³/mol. The second-order valence-electron chi connectivity index (χ2n) is 6.32. The minimum atomic E-state index is -0.0603. The Balaban J connectivity index is 2.50. The summed E-state index contributed by atoms with van der Waals surface area (Å²) in [5.41, 5.74) is 6.31. The fraction of sp³-hybridized carbons (Fsp3) is 0.400. The Morgan fingerprint density at radius 3 is 1.95 bits per heavy atom. The molecule has 0 unspecified atom stereocenters. The van der Waals surface area contributed by atoms with Crippen LogP contribution in [0.3, 0.4) is 0 Å². The Labute approximate surface area is 128 Å². The first-order chi connectivity index (χ1) is 9.90. The minimum Gasteiger partial charge on any atom is -0.508 e. The highest BCUT2D eigenvalue weighted by atomic mass is 16.3. The highest BCUT2D eigenvalue weighted by Gasteiger charge is 2.24. The standard InChI is InChI=1S/C20H26O/c1-6-15-12-17(9-8-14(15)3)20(4,5)18-10-11-19(21)16(7-2)13-18/h8-13,21H,6-7H2,1-5H3. The van der Waals surface area contributed by atoms with Crippen LogP contribution in [0.15, 0.2) is 36.4 Å². The Bertz CT molecular complexity index is 583. The van der Waals surface area contributed by atoms with Gasteiger partial charge < -0.3 is 5.11 Å². The first kappa shape index (κ1) is 15.6. The van der Waals surface area contributed by atoms with Crippen LogP contribution >= 0.6 is 0 Å². The smallest absolute Gasteiger partial charge is 0.118 e. The summed E-state index contributed by atoms with van der Waals surface area (Å²) in [5.74, 6) is 0.398. The fourth-order valence-electron chi connectivity index (χ4n) is 2.87. The van der Waals surface area contributed by atoms with E-state index in [0.717, 1.165) is 18.4 Å². The number of benzene rings is 2. The lowest BCUT2D eigenvalue weighted by molar-refractivity contribution is 0.468. The van der Waals surface area contributed by atoms with Gasteiger partial charge in [0.2, 0.25) is 0 Å². The van der Waals surface area contributed by atoms with Gasteiger partial charge in [-0.15, -0.1) is 0 Å². The minimum absolute atomic E-state index is 0.0603. The van der Waals surface area contributed by atoms with Crippen LogP contribution < -0.4 is 0 Å². The van der Waals surface area contributed by atoms with E-state index in [-0.39, 0.29) is 5.41 Å². The Hall–Kier alpha value is -1.76. The number of aryl methyl sites for hydroxylation is 3. The Morgan fingerprint density at radius 1 is 0.857 bits per heavy atom. The van der Waals surface area contributed by atoms with Crippen molar-refractivity contribution in [2.75, 3.05) is 0 Å². The predicted octanol–water partition coefficient (Wildman–Crippen LogP) is 5.15. The molecule has 2 aromatic carbocycles. The average molecular weight is 282 g/mol. The highest BCUT2D eigenvalue weighted by molar-refractivity contribution is 5.45. The first-order valence-electron chi connectivity index (χ1n) is 7.82. The van der Waals surface area contributed by atoms with Crippen LogP contribution in [0.4, 0.5) is 0 Å². The number of hydrogen-bond acceptors (Lipinski definition) is 1. The Kier molecular flexibility index (Phi) is 4.41. The molecule has 21 heavy (non-hydrogen) atoms. The molecule has 1 heteroatoms. The maximum absolute atomic E-state index is 9.89. The molecule has 0 saturated carbocycles. The summed E-state index contributed by atoms with van der Waals surface area (Å²) in [5, 5.41) is 9.89. The van der Waals surface area contributed by atoms with Crippen LogP contribution in [-0.4, -0.2) is 5.11 Å². The molecule has 2 rings (SSSR count). The van der Waals surface area contributed by atoms with E-state index in [1.807, 2.05) is 12.1 Å². The van der Waals surface area contributed by atoms with Gasteiger partial charge in [-0.25, -0.2) is 0 Å². The van der Waals surface area contributed by atoms with E-state index in [2.05, 4.69) is 58.9 Å². The molecule has 0 aromatic heterocycles. The average Bonchev–Trinajstić information content (AvgIpc) is 2.47. The van der Waals surface area contributed by atoms with Crippen LogP contribution in [-0.2, 0) is 18.3 Å². The molecule has 0 amide bonds. The molecule has 112 valence electrons. The molecule has 0 bridgehead atoms. The summed E-state index contributed by atoms with van der Waals surface area (Å²) in [6.07, 6.45) is 1.91. The van der Waals surface area contributed by atoms with Gasteiger partial charge in [0.1, 0.15) is 5.75 Å². The molecule has 0 fully saturated rings. The van der Waals surface area contributed by atoms with Crippen LogP contribution in [0, 0.1) is 6.92 Å². The van der Waals surface area contributed by atoms with Crippen molar-refractivity contribution >= 4 is 0 Å². The second-order valence-corrected chi connectivity index (χ2v) is 6.32. The lowest BCUT2D eigenvalue weighted by atomic mass is 9.76. The van der Waals surface area contributed by atoms with Gasteiger partial charge in [-0.1, -0.05) is 58.0 Å². The molecule has 0 atom stereocenters. The third-order valence-corrected chi connectivity index (χ3v) is 4.63. The zero-order valence-electron chi connectivity index (χ0n) is 13.8. The third-order valence-electron chi connectivity index (χ3n) is 4.63. The highest BCUT2D eigenvalue weighted by Crippen LogP contribution is 2.34. The molecule has 1 N–H and O–H groups in total. The van der Waals surface area contributed by atoms with Crippen LogP contribution in [0.1, 0.15) is 55.5 Å². The SMILES string of the molecule is CCc1cc(C(C)(C)c2ccc(O)c(CC)c2)ccc1C. The van der Waals surface area contributed by atoms with E-state index >= 15 is 0 Å². The quantitative estimate of drug-likeness (QED) is 0.822. The monoisotopic (exact) mass is 282 g/mol. The van der Waals surface area contributed by atoms with Crippen molar-refractivity contribution in [2.24, 2.45) is 0 Å². The largest absolute Gasteiger partial charge is 0.508 e. The molecule has 0 aliphatic carbocycles. The van der Waals surface area contributed by atoms with Crippen molar-refractivity contribution in [1.29, 1.82) is 0 Å². The van der Waals surface area contributed by atoms with Gasteiger partial charge in [0.25, 0.3) is 0 Å². The Morgan fingerprint density at radius 2 is 1.38 bits per heavy atom. The molecule has 0 heterocycles. The van der Waals surface area contributed by atoms with Gasteiger partial charge in [0.15, 0.2) is 0 Å². The van der Waals surface area contributed by atoms with E-state index < -0.39 is 0 Å². The van der Waals surface area contributed by atoms with Gasteiger partial charge in [-0.05, 0) is 53.6 Å². The van der Waals surface area contributed by atoms with E-state index in [0.29, 0.717) is 5.75 Å². The number of rotatable bonds is 4. The number of phenolic OH excluding ortho intramolecular Hbond substituents is 1. The van der Waals surface area contributed by atoms with Crippen molar-refractivity contribution in [3.05, 3.63) is 64.2 Å². The summed E-state index contributed by atoms with van der Waals surface area (Å²) in [6, 6.07) is 12.8. The molecular weight excluding hydrogens is 256 g/mol. The van der Waals surface area contributed by atoms with E-state index in [1.54, 1.807) is 0 Å². The molecule has 1 nitrogen and oxygen atoms in total. The normalized spacial score (nSPS) is 11.7. The molecule has 2 aromatic rings. The number of hydrogen-bond donors (Lipinski definition) is 1. The van der Waals surface area contributed by atoms with Gasteiger partial charge in [0.05, 0.1) is 0 Å². The molecule has 0 radical (unpaired) electrons. The summed E-state index contributed by atoms with van der Waals surface area (Å²) in [6.45, 7) is 11.0. The number of phenols is 1. The number of aromatic hydroxyl groups is 1. The van der Waals surface area contributed by atoms with Crippen molar-refractivity contribution < 1.29 is 5.11 Å². The topological polar surface area (TPSA) is 20.2 Å². The summed E-state index contributed by atoms with van der Waals surface area (Å²) in [7, 11) is 0. The van der Waals surface area contributed by atoms with Crippen LogP contribution in [0.25, 0.3) is 0 Å². The lowest BCUT2D eigenvalue weighted by Gasteiger charge is -2.28. The van der Waals surface area contributed by atoms with Crippen molar-refractivity contribution in [2.45, 2.75) is 52.9 Å². The van der Waals surface area contributed by atoms with Crippen LogP contribution in [0.2, 0.25) is 0 Å². The molecular formula is C20H26O. The molecule has 0 spiro atoms. The fourth-order valence-corrected chi connectivity index (χ4v) is 2.87. The molecule has 0 saturated heterocycles. The van der Waals surface area contributed by atoms with E-state index in [1.165, 1.54) is 22.3 Å². The molecule has 0 aliphatic heterocycles. The molecule has 0 aliphatic rings. The zero-order chi connectivity index (χ0) is 15.6. The maximum Gasteiger partial charge on any atom is 0.118 e. The van der Waals surface area contributed by atoms with Crippen molar-refractivity contribution in [1.82, 2.24) is 0 Å². The zero-order valence-corrected chi connectivity index (χ0v) is 13.8. The van der Waals surface area contributed by atoms with Gasteiger partial charge in [0, 0.05) is 5.41 Å². The second kappa shape index (κ2) is 5.93. The lowest BCUT2D eigenvalue weighted by Crippen LogP contribution is -2.19. The van der Waals surface area contributed by atoms with Crippen molar-refractivity contribution in [3.63, 3.8) is 0 Å². The maximum atomic E-state index is 9.89. The van der Waals surface area contributed by atoms with E-state index in [4.69, 9.17) is 0 Å².